The van der Waals surface area contributed by atoms with Gasteiger partial charge >= 0.3 is 0 Å². The van der Waals surface area contributed by atoms with E-state index < -0.39 is 10.0 Å². The van der Waals surface area contributed by atoms with E-state index in [-0.39, 0.29) is 10.9 Å². The zero-order chi connectivity index (χ0) is 14.5. The van der Waals surface area contributed by atoms with Gasteiger partial charge in [-0.3, -0.25) is 0 Å². The lowest BCUT2D eigenvalue weighted by molar-refractivity contribution is 0.184. The van der Waals surface area contributed by atoms with Crippen LogP contribution in [0.2, 0.25) is 0 Å². The summed E-state index contributed by atoms with van der Waals surface area (Å²) in [5, 5.41) is 3.23. The third-order valence-corrected chi connectivity index (χ3v) is 4.74. The maximum atomic E-state index is 12.2. The molecule has 0 fully saturated rings. The van der Waals surface area contributed by atoms with E-state index in [4.69, 9.17) is 4.74 Å². The average molecular weight is 286 g/mol. The Morgan fingerprint density at radius 3 is 2.47 bits per heavy atom. The van der Waals surface area contributed by atoms with Crippen LogP contribution in [0.1, 0.15) is 13.3 Å². The zero-order valence-electron chi connectivity index (χ0n) is 11.9. The molecule has 0 heterocycles. The number of methoxy groups -OCH3 is 1. The number of nitrogens with zero attached hydrogens (tertiary/aromatic N) is 1. The van der Waals surface area contributed by atoms with Crippen LogP contribution in [0.4, 0.5) is 5.69 Å². The summed E-state index contributed by atoms with van der Waals surface area (Å²) in [6.45, 7) is 2.56. The molecule has 0 spiro atoms. The topological polar surface area (TPSA) is 58.6 Å². The van der Waals surface area contributed by atoms with Crippen molar-refractivity contribution in [1.82, 2.24) is 4.31 Å². The Bertz CT molecular complexity index is 500. The maximum absolute atomic E-state index is 12.2. The van der Waals surface area contributed by atoms with Crippen molar-refractivity contribution in [2.75, 3.05) is 33.1 Å². The molecular formula is C13H22N2O3S. The van der Waals surface area contributed by atoms with Crippen LogP contribution in [-0.4, -0.2) is 46.6 Å². The lowest BCUT2D eigenvalue weighted by Crippen LogP contribution is -2.27. The van der Waals surface area contributed by atoms with Crippen LogP contribution in [0, 0.1) is 0 Å². The first-order valence-corrected chi connectivity index (χ1v) is 7.64. The molecule has 0 bridgehead atoms. The molecule has 108 valence electrons. The fourth-order valence-corrected chi connectivity index (χ4v) is 2.74. The molecule has 19 heavy (non-hydrogen) atoms. The van der Waals surface area contributed by atoms with E-state index >= 15 is 0 Å². The smallest absolute Gasteiger partial charge is 0.244 e. The fourth-order valence-electron chi connectivity index (χ4n) is 1.69. The van der Waals surface area contributed by atoms with Gasteiger partial charge < -0.3 is 10.1 Å². The minimum absolute atomic E-state index is 0.0866. The molecule has 0 saturated carbocycles. The highest BCUT2D eigenvalue weighted by atomic mass is 32.2. The van der Waals surface area contributed by atoms with E-state index in [0.717, 1.165) is 6.42 Å². The molecule has 5 nitrogen and oxygen atoms in total. The summed E-state index contributed by atoms with van der Waals surface area (Å²) >= 11 is 0. The number of nitrogens with one attached hydrogen (secondary N) is 1. The van der Waals surface area contributed by atoms with Gasteiger partial charge in [-0.2, -0.15) is 0 Å². The van der Waals surface area contributed by atoms with Gasteiger partial charge in [0.2, 0.25) is 10.0 Å². The number of hydrogen-bond donors (Lipinski definition) is 1. The summed E-state index contributed by atoms with van der Waals surface area (Å²) in [5.74, 6) is 0. The SMILES string of the molecule is CCC(COC)Nc1ccccc1S(=O)(=O)N(C)C. The van der Waals surface area contributed by atoms with Crippen LogP contribution in [0.15, 0.2) is 29.2 Å². The average Bonchev–Trinajstić information content (AvgIpc) is 2.38. The van der Waals surface area contributed by atoms with Gasteiger partial charge in [0.15, 0.2) is 0 Å². The predicted octanol–water partition coefficient (Wildman–Crippen LogP) is 1.77. The number of sulfonamides is 1. The highest BCUT2D eigenvalue weighted by Gasteiger charge is 2.21. The monoisotopic (exact) mass is 286 g/mol. The van der Waals surface area contributed by atoms with Crippen molar-refractivity contribution in [3.63, 3.8) is 0 Å². The molecular weight excluding hydrogens is 264 g/mol. The molecule has 6 heteroatoms. The first kappa shape index (κ1) is 15.9. The van der Waals surface area contributed by atoms with Crippen LogP contribution in [0.25, 0.3) is 0 Å². The molecule has 1 unspecified atom stereocenters. The van der Waals surface area contributed by atoms with Gasteiger partial charge in [0.1, 0.15) is 4.90 Å². The number of ether oxygens (including phenoxy) is 1. The van der Waals surface area contributed by atoms with Crippen molar-refractivity contribution in [2.45, 2.75) is 24.3 Å². The van der Waals surface area contributed by atoms with E-state index in [2.05, 4.69) is 5.32 Å². The maximum Gasteiger partial charge on any atom is 0.244 e. The summed E-state index contributed by atoms with van der Waals surface area (Å²) in [4.78, 5) is 0.287. The second-order valence-electron chi connectivity index (χ2n) is 4.49. The van der Waals surface area contributed by atoms with Crippen molar-refractivity contribution in [2.24, 2.45) is 0 Å². The van der Waals surface area contributed by atoms with Crippen LogP contribution < -0.4 is 5.32 Å². The quantitative estimate of drug-likeness (QED) is 0.830. The first-order valence-electron chi connectivity index (χ1n) is 6.20. The molecule has 1 N–H and O–H groups in total. The summed E-state index contributed by atoms with van der Waals surface area (Å²) in [5.41, 5.74) is 0.611. The van der Waals surface area contributed by atoms with Crippen molar-refractivity contribution >= 4 is 15.7 Å². The second-order valence-corrected chi connectivity index (χ2v) is 6.61. The van der Waals surface area contributed by atoms with Gasteiger partial charge in [0.05, 0.1) is 12.3 Å². The fraction of sp³-hybridized carbons (Fsp3) is 0.538. The zero-order valence-corrected chi connectivity index (χ0v) is 12.7. The van der Waals surface area contributed by atoms with E-state index in [0.29, 0.717) is 12.3 Å². The normalized spacial score (nSPS) is 13.5. The summed E-state index contributed by atoms with van der Waals surface area (Å²) in [6, 6.07) is 7.00. The van der Waals surface area contributed by atoms with E-state index in [1.54, 1.807) is 25.3 Å². The molecule has 0 amide bonds. The lowest BCUT2D eigenvalue weighted by atomic mass is 10.2. The van der Waals surface area contributed by atoms with Crippen molar-refractivity contribution in [3.8, 4) is 0 Å². The molecule has 1 rings (SSSR count). The predicted molar refractivity (Wildman–Crippen MR) is 76.9 cm³/mol. The molecule has 0 aromatic heterocycles. The highest BCUT2D eigenvalue weighted by molar-refractivity contribution is 7.89. The van der Waals surface area contributed by atoms with E-state index in [1.165, 1.54) is 18.4 Å². The van der Waals surface area contributed by atoms with Crippen LogP contribution in [0.5, 0.6) is 0 Å². The molecule has 1 aromatic carbocycles. The number of para-hydroxylation sites is 1. The molecule has 0 saturated heterocycles. The third-order valence-electron chi connectivity index (χ3n) is 2.87. The standard InChI is InChI=1S/C13H22N2O3S/c1-5-11(10-18-4)14-12-8-6-7-9-13(12)19(16,17)15(2)3/h6-9,11,14H,5,10H2,1-4H3. The second kappa shape index (κ2) is 6.88. The number of rotatable bonds is 7. The van der Waals surface area contributed by atoms with E-state index in [1.807, 2.05) is 13.0 Å². The van der Waals surface area contributed by atoms with Crippen LogP contribution in [0.3, 0.4) is 0 Å². The van der Waals surface area contributed by atoms with Crippen molar-refractivity contribution < 1.29 is 13.2 Å². The van der Waals surface area contributed by atoms with Crippen molar-refractivity contribution in [1.29, 1.82) is 0 Å². The largest absolute Gasteiger partial charge is 0.383 e. The molecule has 1 aromatic rings. The van der Waals surface area contributed by atoms with Crippen molar-refractivity contribution in [3.05, 3.63) is 24.3 Å². The van der Waals surface area contributed by atoms with Gasteiger partial charge in [0, 0.05) is 27.2 Å². The summed E-state index contributed by atoms with van der Waals surface area (Å²) in [7, 11) is 1.24. The third kappa shape index (κ3) is 3.92. The minimum Gasteiger partial charge on any atom is -0.383 e. The van der Waals surface area contributed by atoms with Crippen LogP contribution in [-0.2, 0) is 14.8 Å². The number of hydrogen-bond acceptors (Lipinski definition) is 4. The Balaban J connectivity index is 3.09. The Kier molecular flexibility index (Phi) is 5.78. The summed E-state index contributed by atoms with van der Waals surface area (Å²) in [6.07, 6.45) is 0.851. The van der Waals surface area contributed by atoms with Gasteiger partial charge in [-0.05, 0) is 18.6 Å². The molecule has 0 aliphatic heterocycles. The van der Waals surface area contributed by atoms with Gasteiger partial charge in [-0.1, -0.05) is 19.1 Å². The van der Waals surface area contributed by atoms with Gasteiger partial charge in [-0.25, -0.2) is 12.7 Å². The number of benzene rings is 1. The lowest BCUT2D eigenvalue weighted by Gasteiger charge is -2.21. The Labute approximate surface area is 115 Å². The number of anilines is 1. The Hall–Kier alpha value is -1.11. The van der Waals surface area contributed by atoms with Crippen LogP contribution >= 0.6 is 0 Å². The summed E-state index contributed by atoms with van der Waals surface area (Å²) < 4.78 is 30.8. The van der Waals surface area contributed by atoms with E-state index in [9.17, 15) is 8.42 Å². The van der Waals surface area contributed by atoms with Gasteiger partial charge in [-0.15, -0.1) is 0 Å². The molecule has 0 aliphatic rings. The molecule has 0 aliphatic carbocycles. The Morgan fingerprint density at radius 2 is 1.95 bits per heavy atom. The minimum atomic E-state index is -3.45. The molecule has 0 radical (unpaired) electrons. The first-order chi connectivity index (χ1) is 8.93. The highest BCUT2D eigenvalue weighted by Crippen LogP contribution is 2.24. The van der Waals surface area contributed by atoms with Gasteiger partial charge in [0.25, 0.3) is 0 Å². The molecule has 1 atom stereocenters. The Morgan fingerprint density at radius 1 is 1.32 bits per heavy atom.